The molecule has 2 aromatic heterocycles. The zero-order valence-corrected chi connectivity index (χ0v) is 17.5. The molecule has 34 heavy (non-hydrogen) atoms. The predicted octanol–water partition coefficient (Wildman–Crippen LogP) is 6.49. The Labute approximate surface area is 190 Å². The predicted molar refractivity (Wildman–Crippen MR) is 114 cm³/mol. The number of hydrogen-bond donors (Lipinski definition) is 1. The number of aliphatic hydroxyl groups is 1. The Bertz CT molecular complexity index is 1390. The smallest absolute Gasteiger partial charge is 0.389 e. The highest BCUT2D eigenvalue weighted by Gasteiger charge is 2.35. The van der Waals surface area contributed by atoms with E-state index in [9.17, 15) is 31.4 Å². The molecule has 174 valence electrons. The summed E-state index contributed by atoms with van der Waals surface area (Å²) in [5, 5.41) is 9.58. The van der Waals surface area contributed by atoms with Crippen molar-refractivity contribution >= 4 is 5.65 Å². The van der Waals surface area contributed by atoms with Gasteiger partial charge in [0.1, 0.15) is 11.3 Å². The molecular formula is C25H16F6N2O. The van der Waals surface area contributed by atoms with Gasteiger partial charge in [-0.15, -0.1) is 0 Å². The van der Waals surface area contributed by atoms with Crippen molar-refractivity contribution in [3.63, 3.8) is 0 Å². The van der Waals surface area contributed by atoms with Crippen molar-refractivity contribution < 1.29 is 31.4 Å². The minimum Gasteiger partial charge on any atom is -0.389 e. The SMILES string of the molecule is CC(O)c1ccc(C#Cc2cnc3c(C(F)(F)F)cc(-c4ccc(C(F)(F)F)cc4)cn23)cc1. The number of nitrogens with zero attached hydrogens (tertiary/aromatic N) is 2. The largest absolute Gasteiger partial charge is 0.420 e. The van der Waals surface area contributed by atoms with Gasteiger partial charge in [0.25, 0.3) is 0 Å². The number of imidazole rings is 1. The maximum atomic E-state index is 13.7. The van der Waals surface area contributed by atoms with Gasteiger partial charge in [-0.1, -0.05) is 30.2 Å². The summed E-state index contributed by atoms with van der Waals surface area (Å²) in [6, 6.07) is 11.5. The summed E-state index contributed by atoms with van der Waals surface area (Å²) < 4.78 is 81.0. The van der Waals surface area contributed by atoms with Crippen molar-refractivity contribution in [1.82, 2.24) is 9.38 Å². The van der Waals surface area contributed by atoms with Crippen LogP contribution in [0.15, 0.2) is 67.0 Å². The zero-order valence-electron chi connectivity index (χ0n) is 17.5. The van der Waals surface area contributed by atoms with Gasteiger partial charge in [0.15, 0.2) is 0 Å². The summed E-state index contributed by atoms with van der Waals surface area (Å²) in [5.41, 5.74) is -0.600. The third kappa shape index (κ3) is 4.77. The molecule has 0 aliphatic heterocycles. The van der Waals surface area contributed by atoms with Crippen molar-refractivity contribution in [3.05, 3.63) is 94.9 Å². The molecule has 2 aromatic carbocycles. The van der Waals surface area contributed by atoms with Gasteiger partial charge in [-0.25, -0.2) is 4.98 Å². The minimum absolute atomic E-state index is 0.0656. The van der Waals surface area contributed by atoms with Gasteiger partial charge >= 0.3 is 12.4 Å². The van der Waals surface area contributed by atoms with Crippen LogP contribution in [0.3, 0.4) is 0 Å². The van der Waals surface area contributed by atoms with Gasteiger partial charge in [0.05, 0.1) is 23.4 Å². The number of halogens is 6. The van der Waals surface area contributed by atoms with Crippen LogP contribution >= 0.6 is 0 Å². The second-order valence-corrected chi connectivity index (χ2v) is 7.60. The second-order valence-electron chi connectivity index (χ2n) is 7.60. The van der Waals surface area contributed by atoms with E-state index in [2.05, 4.69) is 16.8 Å². The maximum absolute atomic E-state index is 13.7. The average Bonchev–Trinajstić information content (AvgIpc) is 3.19. The second kappa shape index (κ2) is 8.54. The number of pyridine rings is 1. The molecule has 0 fully saturated rings. The van der Waals surface area contributed by atoms with E-state index >= 15 is 0 Å². The Balaban J connectivity index is 1.80. The lowest BCUT2D eigenvalue weighted by Crippen LogP contribution is -2.09. The molecule has 1 atom stereocenters. The summed E-state index contributed by atoms with van der Waals surface area (Å²) in [7, 11) is 0. The molecule has 0 saturated carbocycles. The van der Waals surface area contributed by atoms with Crippen LogP contribution in [0.4, 0.5) is 26.3 Å². The first-order valence-electron chi connectivity index (χ1n) is 9.99. The number of aromatic nitrogens is 2. The van der Waals surface area contributed by atoms with E-state index in [0.29, 0.717) is 11.1 Å². The Morgan fingerprint density at radius 1 is 0.853 bits per heavy atom. The Kier molecular flexibility index (Phi) is 5.87. The first-order chi connectivity index (χ1) is 15.9. The highest BCUT2D eigenvalue weighted by atomic mass is 19.4. The highest BCUT2D eigenvalue weighted by molar-refractivity contribution is 5.69. The summed E-state index contributed by atoms with van der Waals surface area (Å²) in [6.07, 6.45) is -7.37. The topological polar surface area (TPSA) is 37.5 Å². The molecule has 4 aromatic rings. The van der Waals surface area contributed by atoms with Gasteiger partial charge in [-0.2, -0.15) is 26.3 Å². The van der Waals surface area contributed by atoms with Gasteiger partial charge in [0, 0.05) is 11.8 Å². The molecule has 9 heteroatoms. The molecule has 4 rings (SSSR count). The molecule has 1 unspecified atom stereocenters. The van der Waals surface area contributed by atoms with Crippen LogP contribution in [-0.4, -0.2) is 14.5 Å². The highest BCUT2D eigenvalue weighted by Crippen LogP contribution is 2.36. The molecule has 0 spiro atoms. The maximum Gasteiger partial charge on any atom is 0.420 e. The normalized spacial score (nSPS) is 12.9. The zero-order chi connectivity index (χ0) is 24.7. The fraction of sp³-hybridized carbons (Fsp3) is 0.160. The molecule has 1 N–H and O–H groups in total. The quantitative estimate of drug-likeness (QED) is 0.266. The number of aliphatic hydroxyl groups excluding tert-OH is 1. The average molecular weight is 474 g/mol. The Morgan fingerprint density at radius 3 is 2.06 bits per heavy atom. The van der Waals surface area contributed by atoms with E-state index in [1.165, 1.54) is 16.8 Å². The monoisotopic (exact) mass is 474 g/mol. The van der Waals surface area contributed by atoms with E-state index in [1.54, 1.807) is 31.2 Å². The summed E-state index contributed by atoms with van der Waals surface area (Å²) in [5.74, 6) is 5.64. The van der Waals surface area contributed by atoms with Crippen LogP contribution < -0.4 is 0 Å². The molecule has 0 amide bonds. The molecule has 0 saturated heterocycles. The van der Waals surface area contributed by atoms with Crippen LogP contribution in [0.25, 0.3) is 16.8 Å². The lowest BCUT2D eigenvalue weighted by atomic mass is 10.0. The van der Waals surface area contributed by atoms with Crippen molar-refractivity contribution in [2.75, 3.05) is 0 Å². The fourth-order valence-corrected chi connectivity index (χ4v) is 3.38. The lowest BCUT2D eigenvalue weighted by molar-refractivity contribution is -0.138. The van der Waals surface area contributed by atoms with Gasteiger partial charge in [-0.05, 0) is 59.9 Å². The third-order valence-electron chi connectivity index (χ3n) is 5.18. The van der Waals surface area contributed by atoms with Crippen molar-refractivity contribution in [2.45, 2.75) is 25.4 Å². The molecule has 0 aliphatic carbocycles. The molecule has 0 aliphatic rings. The minimum atomic E-state index is -4.74. The first kappa shape index (κ1) is 23.4. The van der Waals surface area contributed by atoms with Crippen LogP contribution in [0.5, 0.6) is 0 Å². The van der Waals surface area contributed by atoms with Crippen LogP contribution in [0.2, 0.25) is 0 Å². The van der Waals surface area contributed by atoms with Gasteiger partial charge in [-0.3, -0.25) is 4.40 Å². The summed E-state index contributed by atoms with van der Waals surface area (Å²) >= 11 is 0. The lowest BCUT2D eigenvalue weighted by Gasteiger charge is -2.12. The number of rotatable bonds is 2. The summed E-state index contributed by atoms with van der Waals surface area (Å²) in [6.45, 7) is 1.62. The third-order valence-corrected chi connectivity index (χ3v) is 5.18. The molecule has 0 bridgehead atoms. The van der Waals surface area contributed by atoms with Crippen LogP contribution in [0.1, 0.15) is 41.0 Å². The van der Waals surface area contributed by atoms with E-state index in [1.807, 2.05) is 0 Å². The molecular weight excluding hydrogens is 458 g/mol. The van der Waals surface area contributed by atoms with Crippen LogP contribution in [0, 0.1) is 11.8 Å². The van der Waals surface area contributed by atoms with Gasteiger partial charge < -0.3 is 5.11 Å². The molecule has 0 radical (unpaired) electrons. The fourth-order valence-electron chi connectivity index (χ4n) is 3.38. The Hall–Kier alpha value is -3.77. The molecule has 3 nitrogen and oxygen atoms in total. The van der Waals surface area contributed by atoms with Gasteiger partial charge in [0.2, 0.25) is 0 Å². The number of benzene rings is 2. The molecule has 2 heterocycles. The Morgan fingerprint density at radius 2 is 1.50 bits per heavy atom. The number of fused-ring (bicyclic) bond motifs is 1. The van der Waals surface area contributed by atoms with E-state index < -0.39 is 29.6 Å². The van der Waals surface area contributed by atoms with Crippen LogP contribution in [-0.2, 0) is 12.4 Å². The summed E-state index contributed by atoms with van der Waals surface area (Å²) in [4.78, 5) is 3.87. The van der Waals surface area contributed by atoms with Crippen molar-refractivity contribution in [1.29, 1.82) is 0 Å². The van der Waals surface area contributed by atoms with E-state index in [-0.39, 0.29) is 22.5 Å². The van der Waals surface area contributed by atoms with E-state index in [0.717, 1.165) is 30.3 Å². The number of hydrogen-bond acceptors (Lipinski definition) is 2. The first-order valence-corrected chi connectivity index (χ1v) is 9.99. The standard InChI is InChI=1S/C25H16F6N2O/c1-15(34)17-5-2-16(3-6-17)4-11-21-13-32-23-22(25(29,30)31)12-19(14-33(21)23)18-7-9-20(10-8-18)24(26,27)28/h2-3,5-10,12-15,34H,1H3. The van der Waals surface area contributed by atoms with Crippen molar-refractivity contribution in [2.24, 2.45) is 0 Å². The van der Waals surface area contributed by atoms with E-state index in [4.69, 9.17) is 0 Å². The number of alkyl halides is 6. The van der Waals surface area contributed by atoms with Crippen molar-refractivity contribution in [3.8, 4) is 23.0 Å².